The average molecular weight is 1420 g/mol. The summed E-state index contributed by atoms with van der Waals surface area (Å²) in [6, 6.07) is 0. The van der Waals surface area contributed by atoms with Crippen LogP contribution in [0.25, 0.3) is 0 Å². The number of unbranched alkanes of at least 4 members (excludes halogenated alkanes) is 3. The number of hydrogen-bond acceptors (Lipinski definition) is 0. The molecule has 0 aromatic carbocycles. The lowest BCUT2D eigenvalue weighted by molar-refractivity contribution is 0.457. The van der Waals surface area contributed by atoms with Gasteiger partial charge in [0.05, 0.1) is 0 Å². The van der Waals surface area contributed by atoms with Crippen LogP contribution in [0.15, 0.2) is 130 Å². The second kappa shape index (κ2) is 95.2. The first-order chi connectivity index (χ1) is 46.2. The lowest BCUT2D eigenvalue weighted by Crippen LogP contribution is -1.95. The van der Waals surface area contributed by atoms with Crippen LogP contribution in [0.2, 0.25) is 0 Å². The Kier molecular flexibility index (Phi) is 118. The molecule has 0 heterocycles. The van der Waals surface area contributed by atoms with Gasteiger partial charge in [-0.25, -0.2) is 0 Å². The minimum Gasteiger partial charge on any atom is -0.0833 e. The minimum absolute atomic E-state index is 0.645. The van der Waals surface area contributed by atoms with E-state index in [-0.39, 0.29) is 0 Å². The summed E-state index contributed by atoms with van der Waals surface area (Å²) in [4.78, 5) is 0. The first-order valence-corrected chi connectivity index (χ1v) is 42.4. The molecule has 0 radical (unpaired) electrons. The molecule has 0 spiro atoms. The van der Waals surface area contributed by atoms with Crippen molar-refractivity contribution >= 4 is 0 Å². The fourth-order valence-corrected chi connectivity index (χ4v) is 7.50. The molecule has 0 aliphatic carbocycles. The lowest BCUT2D eigenvalue weighted by Gasteiger charge is -2.05. The Morgan fingerprint density at radius 1 is 0.198 bits per heavy atom. The summed E-state index contributed by atoms with van der Waals surface area (Å²) >= 11 is 0. The Bertz CT molecular complexity index is 1790. The molecular weight excluding hydrogens is 1210 g/mol. The van der Waals surface area contributed by atoms with Gasteiger partial charge < -0.3 is 0 Å². The number of hydrogen-bond donors (Lipinski definition) is 0. The van der Waals surface area contributed by atoms with Gasteiger partial charge in [-0.15, -0.1) is 0 Å². The van der Waals surface area contributed by atoms with Crippen LogP contribution in [-0.4, -0.2) is 0 Å². The zero-order chi connectivity index (χ0) is 82.2. The number of rotatable bonds is 31. The van der Waals surface area contributed by atoms with Gasteiger partial charge in [-0.2, -0.15) is 0 Å². The van der Waals surface area contributed by atoms with Crippen LogP contribution in [0.3, 0.4) is 0 Å². The van der Waals surface area contributed by atoms with E-state index in [9.17, 15) is 0 Å². The third-order valence-corrected chi connectivity index (χ3v) is 14.3. The van der Waals surface area contributed by atoms with Gasteiger partial charge in [0.15, 0.2) is 0 Å². The molecular formula is C101H204. The maximum absolute atomic E-state index is 2.31. The second-order valence-electron chi connectivity index (χ2n) is 36.9. The molecule has 101 heavy (non-hydrogen) atoms. The summed E-state index contributed by atoms with van der Waals surface area (Å²) in [7, 11) is 0. The van der Waals surface area contributed by atoms with Gasteiger partial charge in [-0.05, 0) is 198 Å². The Morgan fingerprint density at radius 2 is 0.416 bits per heavy atom. The highest BCUT2D eigenvalue weighted by atomic mass is 14.1. The van der Waals surface area contributed by atoms with Gasteiger partial charge in [0, 0.05) is 0 Å². The van der Waals surface area contributed by atoms with E-state index in [0.717, 1.165) is 76.9 Å². The third-order valence-electron chi connectivity index (χ3n) is 14.3. The van der Waals surface area contributed by atoms with Gasteiger partial charge in [0.2, 0.25) is 0 Å². The van der Waals surface area contributed by atoms with Crippen LogP contribution < -0.4 is 0 Å². The van der Waals surface area contributed by atoms with Crippen LogP contribution in [0.1, 0.15) is 428 Å². The predicted octanol–water partition coefficient (Wildman–Crippen LogP) is 37.6. The maximum atomic E-state index is 2.31. The van der Waals surface area contributed by atoms with Gasteiger partial charge in [-0.1, -0.05) is 455 Å². The fourth-order valence-electron chi connectivity index (χ4n) is 7.50. The molecule has 0 aromatic heterocycles. The van der Waals surface area contributed by atoms with E-state index >= 15 is 0 Å². The van der Waals surface area contributed by atoms with E-state index in [0.29, 0.717) is 17.8 Å². The van der Waals surface area contributed by atoms with Crippen molar-refractivity contribution in [2.24, 2.45) is 94.7 Å². The highest BCUT2D eigenvalue weighted by molar-refractivity contribution is 5.17. The molecule has 0 aliphatic rings. The largest absolute Gasteiger partial charge is 0.0833 e. The van der Waals surface area contributed by atoms with Crippen molar-refractivity contribution < 1.29 is 0 Å². The zero-order valence-electron chi connectivity index (χ0n) is 79.7. The standard InChI is InChI=1S/C11H24.C11H18.C10H22.C10H16.C9H20.C9H16.C8H18.C8H14.C7H16.C7H14.C6H14.C5H12/c2*1-10(2)8-6-5-7-9-11(3)4;2*1-9(2)7-5-6-8-10(3)4;2*1-8(2)6-5-7-9(3)4;2*1-7(2)5-6-8(3)4;2*1-6(2)5-7(3)4;1-5(2)6(3)4;1-4-5(2)3/h10-11H,5-9H2,1-4H3;5-10H,1-4H3;9-10H,5-8H2,1-4H3;5-8H,1-4H3;8-9H,5-7H2,1-4H3;5-8H,1-4H3;7-8H,5-6H2,1-4H3;5-6H,1-4H3;6-7H,5H2,1-4H3;5-6H,1-4H3;5-6H,1-4H3;5H,4H2,1-3H3/b;7-5+,8-6+;;6-5+;;6-5+;;;;;;. The van der Waals surface area contributed by atoms with Crippen LogP contribution in [0, 0.1) is 94.7 Å². The SMILES string of the molecule is CC(C)=C/C=C/C(C)C.CC(C)=C/C=C/C=C(C)C.CC(C)=C/C=C/C=C/C(C)C.CC(C)=CC(C)C.CC(C)=CC=C(C)C.CC(C)C(C)C.CC(C)CC(C)C.CC(C)CCC(C)C.CC(C)CCCC(C)C.CC(C)CCCCC(C)C.CC(C)CCCCCC(C)C.CCC(C)C. The summed E-state index contributed by atoms with van der Waals surface area (Å²) in [6.07, 6.45) is 54.2. The van der Waals surface area contributed by atoms with E-state index in [1.807, 2.05) is 0 Å². The molecule has 0 nitrogen and oxygen atoms in total. The zero-order valence-corrected chi connectivity index (χ0v) is 79.7. The van der Waals surface area contributed by atoms with Crippen molar-refractivity contribution in [3.05, 3.63) is 130 Å². The second-order valence-corrected chi connectivity index (χ2v) is 36.9. The summed E-state index contributed by atoms with van der Waals surface area (Å²) in [6.45, 7) is 104. The predicted molar refractivity (Wildman–Crippen MR) is 490 cm³/mol. The van der Waals surface area contributed by atoms with Crippen molar-refractivity contribution in [3.63, 3.8) is 0 Å². The molecule has 0 unspecified atom stereocenters. The van der Waals surface area contributed by atoms with Crippen molar-refractivity contribution in [1.29, 1.82) is 0 Å². The van der Waals surface area contributed by atoms with E-state index in [1.54, 1.807) is 0 Å². The van der Waals surface area contributed by atoms with Gasteiger partial charge in [-0.3, -0.25) is 0 Å². The van der Waals surface area contributed by atoms with Gasteiger partial charge in [0.25, 0.3) is 0 Å². The van der Waals surface area contributed by atoms with E-state index in [1.165, 1.54) is 142 Å². The van der Waals surface area contributed by atoms with E-state index < -0.39 is 0 Å². The smallest absolute Gasteiger partial charge is 0.0287 e. The summed E-state index contributed by atoms with van der Waals surface area (Å²) in [5.41, 5.74) is 9.47. The highest BCUT2D eigenvalue weighted by Gasteiger charge is 2.00. The molecule has 0 aromatic rings. The van der Waals surface area contributed by atoms with Crippen molar-refractivity contribution in [2.45, 2.75) is 428 Å². The average Bonchev–Trinajstić information content (AvgIpc) is 3.68. The molecule has 0 saturated heterocycles. The molecule has 0 saturated carbocycles. The molecule has 0 heteroatoms. The Hall–Kier alpha value is -2.86. The Morgan fingerprint density at radius 3 is 0.584 bits per heavy atom. The first-order valence-electron chi connectivity index (χ1n) is 42.4. The van der Waals surface area contributed by atoms with Crippen LogP contribution in [0.5, 0.6) is 0 Å². The van der Waals surface area contributed by atoms with Crippen molar-refractivity contribution in [3.8, 4) is 0 Å². The van der Waals surface area contributed by atoms with Crippen LogP contribution >= 0.6 is 0 Å². The van der Waals surface area contributed by atoms with Gasteiger partial charge in [0.1, 0.15) is 0 Å². The van der Waals surface area contributed by atoms with Crippen LogP contribution in [0.4, 0.5) is 0 Å². The van der Waals surface area contributed by atoms with Crippen LogP contribution in [-0.2, 0) is 0 Å². The molecule has 608 valence electrons. The van der Waals surface area contributed by atoms with E-state index in [2.05, 4.69) is 417 Å². The highest BCUT2D eigenvalue weighted by Crippen LogP contribution is 2.15. The van der Waals surface area contributed by atoms with Gasteiger partial charge >= 0.3 is 0 Å². The molecule has 0 bridgehead atoms. The number of allylic oxidation sites excluding steroid dienone is 22. The molecule has 0 atom stereocenters. The topological polar surface area (TPSA) is 0 Å². The lowest BCUT2D eigenvalue weighted by atomic mass is 10.0. The minimum atomic E-state index is 0.645. The van der Waals surface area contributed by atoms with Crippen molar-refractivity contribution in [1.82, 2.24) is 0 Å². The van der Waals surface area contributed by atoms with E-state index in [4.69, 9.17) is 0 Å². The fraction of sp³-hybridized carbons (Fsp3) is 0.782. The quantitative estimate of drug-likeness (QED) is 0.0369. The third kappa shape index (κ3) is 221. The Balaban J connectivity index is -0.0000000860. The maximum Gasteiger partial charge on any atom is -0.0287 e. The summed E-state index contributed by atoms with van der Waals surface area (Å²) in [5, 5.41) is 0. The summed E-state index contributed by atoms with van der Waals surface area (Å²) in [5.74, 6) is 13.5. The van der Waals surface area contributed by atoms with Crippen molar-refractivity contribution in [2.75, 3.05) is 0 Å². The first kappa shape index (κ1) is 125. The normalized spacial score (nSPS) is 10.6. The molecule has 0 rings (SSSR count). The molecule has 0 N–H and O–H groups in total. The molecule has 0 amide bonds. The summed E-state index contributed by atoms with van der Waals surface area (Å²) < 4.78 is 0. The molecule has 0 aliphatic heterocycles. The Labute approximate surface area is 649 Å². The monoisotopic (exact) mass is 1420 g/mol. The molecule has 0 fully saturated rings.